The van der Waals surface area contributed by atoms with Crippen LogP contribution in [0.5, 0.6) is 5.75 Å². The Bertz CT molecular complexity index is 718. The van der Waals surface area contributed by atoms with Crippen LogP contribution in [0.15, 0.2) is 30.3 Å². The Kier molecular flexibility index (Phi) is 5.76. The molecular weight excluding hydrogens is 332 g/mol. The van der Waals surface area contributed by atoms with Crippen molar-refractivity contribution in [3.05, 3.63) is 51.2 Å². The zero-order valence-electron chi connectivity index (χ0n) is 15.2. The maximum absolute atomic E-state index is 12.6. The second-order valence-corrected chi connectivity index (χ2v) is 8.03. The molecule has 1 fully saturated rings. The number of ether oxygens (including phenoxy) is 1. The fourth-order valence-corrected chi connectivity index (χ4v) is 4.40. The van der Waals surface area contributed by atoms with Crippen molar-refractivity contribution in [3.63, 3.8) is 0 Å². The van der Waals surface area contributed by atoms with Gasteiger partial charge in [-0.1, -0.05) is 12.1 Å². The topological polar surface area (TPSA) is 41.6 Å². The van der Waals surface area contributed by atoms with E-state index in [1.54, 1.807) is 18.4 Å². The van der Waals surface area contributed by atoms with Crippen LogP contribution in [0.2, 0.25) is 0 Å². The van der Waals surface area contributed by atoms with Crippen LogP contribution < -0.4 is 10.1 Å². The van der Waals surface area contributed by atoms with Crippen molar-refractivity contribution in [1.29, 1.82) is 0 Å². The van der Waals surface area contributed by atoms with Crippen LogP contribution in [-0.2, 0) is 0 Å². The molecule has 0 spiro atoms. The van der Waals surface area contributed by atoms with Gasteiger partial charge in [0.05, 0.1) is 18.7 Å². The van der Waals surface area contributed by atoms with Gasteiger partial charge in [-0.2, -0.15) is 0 Å². The molecule has 1 saturated heterocycles. The Morgan fingerprint density at radius 3 is 2.48 bits per heavy atom. The lowest BCUT2D eigenvalue weighted by Gasteiger charge is -2.28. The highest BCUT2D eigenvalue weighted by molar-refractivity contribution is 7.12. The lowest BCUT2D eigenvalue weighted by Crippen LogP contribution is -2.36. The van der Waals surface area contributed by atoms with Gasteiger partial charge < -0.3 is 10.1 Å². The monoisotopic (exact) mass is 358 g/mol. The molecule has 1 aliphatic heterocycles. The van der Waals surface area contributed by atoms with E-state index in [0.717, 1.165) is 29.3 Å². The van der Waals surface area contributed by atoms with Gasteiger partial charge in [-0.25, -0.2) is 0 Å². The van der Waals surface area contributed by atoms with E-state index in [2.05, 4.69) is 22.3 Å². The number of carbonyl (C=O) groups excluding carboxylic acids is 1. The first-order valence-corrected chi connectivity index (χ1v) is 9.63. The van der Waals surface area contributed by atoms with Gasteiger partial charge in [-0.15, -0.1) is 11.3 Å². The molecule has 1 N–H and O–H groups in total. The molecule has 1 unspecified atom stereocenters. The maximum atomic E-state index is 12.6. The SMILES string of the molecule is COc1ccc(C(CNC(=O)c2cc(C)sc2C)N2CCCC2)cc1. The molecule has 0 bridgehead atoms. The highest BCUT2D eigenvalue weighted by Crippen LogP contribution is 2.27. The summed E-state index contributed by atoms with van der Waals surface area (Å²) in [7, 11) is 1.68. The Hall–Kier alpha value is -1.85. The molecule has 1 aromatic heterocycles. The summed E-state index contributed by atoms with van der Waals surface area (Å²) in [4.78, 5) is 17.3. The number of benzene rings is 1. The summed E-state index contributed by atoms with van der Waals surface area (Å²) in [5.74, 6) is 0.886. The van der Waals surface area contributed by atoms with Gasteiger partial charge in [0.1, 0.15) is 5.75 Å². The van der Waals surface area contributed by atoms with E-state index >= 15 is 0 Å². The number of aryl methyl sites for hydroxylation is 2. The molecule has 0 saturated carbocycles. The molecule has 4 nitrogen and oxygen atoms in total. The molecule has 1 amide bonds. The Labute approximate surface area is 153 Å². The molecule has 25 heavy (non-hydrogen) atoms. The van der Waals surface area contributed by atoms with E-state index in [1.807, 2.05) is 32.0 Å². The van der Waals surface area contributed by atoms with Crippen LogP contribution >= 0.6 is 11.3 Å². The number of nitrogens with one attached hydrogen (secondary N) is 1. The van der Waals surface area contributed by atoms with E-state index in [9.17, 15) is 4.79 Å². The Morgan fingerprint density at radius 2 is 1.92 bits per heavy atom. The van der Waals surface area contributed by atoms with Crippen LogP contribution in [0.25, 0.3) is 0 Å². The molecule has 2 aromatic rings. The third-order valence-electron chi connectivity index (χ3n) is 4.82. The molecule has 0 radical (unpaired) electrons. The lowest BCUT2D eigenvalue weighted by atomic mass is 10.0. The molecule has 1 aromatic carbocycles. The predicted octanol–water partition coefficient (Wildman–Crippen LogP) is 3.94. The number of hydrogen-bond donors (Lipinski definition) is 1. The van der Waals surface area contributed by atoms with Gasteiger partial charge in [0.15, 0.2) is 0 Å². The van der Waals surface area contributed by atoms with Crippen LogP contribution in [0.1, 0.15) is 44.6 Å². The number of likely N-dealkylation sites (tertiary alicyclic amines) is 1. The Balaban J connectivity index is 1.73. The number of amides is 1. The molecule has 2 heterocycles. The van der Waals surface area contributed by atoms with Crippen molar-refractivity contribution < 1.29 is 9.53 Å². The first-order chi connectivity index (χ1) is 12.1. The second kappa shape index (κ2) is 8.02. The van der Waals surface area contributed by atoms with Crippen molar-refractivity contribution in [2.75, 3.05) is 26.7 Å². The average molecular weight is 359 g/mol. The number of methoxy groups -OCH3 is 1. The minimum absolute atomic E-state index is 0.0274. The van der Waals surface area contributed by atoms with Gasteiger partial charge in [0.25, 0.3) is 5.91 Å². The van der Waals surface area contributed by atoms with Crippen LogP contribution in [0.3, 0.4) is 0 Å². The number of nitrogens with zero attached hydrogens (tertiary/aromatic N) is 1. The fourth-order valence-electron chi connectivity index (χ4n) is 3.48. The maximum Gasteiger partial charge on any atom is 0.252 e. The summed E-state index contributed by atoms with van der Waals surface area (Å²) in [6.07, 6.45) is 2.45. The van der Waals surface area contributed by atoms with Gasteiger partial charge in [-0.05, 0) is 63.5 Å². The van der Waals surface area contributed by atoms with Crippen LogP contribution in [0, 0.1) is 13.8 Å². The number of rotatable bonds is 6. The van der Waals surface area contributed by atoms with E-state index in [0.29, 0.717) is 6.54 Å². The highest BCUT2D eigenvalue weighted by atomic mass is 32.1. The van der Waals surface area contributed by atoms with Crippen LogP contribution in [0.4, 0.5) is 0 Å². The number of thiophene rings is 1. The Morgan fingerprint density at radius 1 is 1.24 bits per heavy atom. The first-order valence-electron chi connectivity index (χ1n) is 8.81. The standard InChI is InChI=1S/C20H26N2O2S/c1-14-12-18(15(2)25-14)20(23)21-13-19(22-10-4-5-11-22)16-6-8-17(24-3)9-7-16/h6-9,12,19H,4-5,10-11,13H2,1-3H3,(H,21,23). The first kappa shape index (κ1) is 18.0. The normalized spacial score (nSPS) is 16.0. The summed E-state index contributed by atoms with van der Waals surface area (Å²) in [5, 5.41) is 3.15. The highest BCUT2D eigenvalue weighted by Gasteiger charge is 2.24. The number of hydrogen-bond acceptors (Lipinski definition) is 4. The fraction of sp³-hybridized carbons (Fsp3) is 0.450. The molecule has 1 aliphatic rings. The summed E-state index contributed by atoms with van der Waals surface area (Å²) in [6, 6.07) is 10.4. The summed E-state index contributed by atoms with van der Waals surface area (Å²) in [6.45, 7) is 6.85. The van der Waals surface area contributed by atoms with Gasteiger partial charge in [0, 0.05) is 16.3 Å². The van der Waals surface area contributed by atoms with E-state index in [-0.39, 0.29) is 11.9 Å². The number of carbonyl (C=O) groups is 1. The summed E-state index contributed by atoms with van der Waals surface area (Å²) < 4.78 is 5.26. The quantitative estimate of drug-likeness (QED) is 0.850. The lowest BCUT2D eigenvalue weighted by molar-refractivity contribution is 0.0937. The third kappa shape index (κ3) is 4.22. The molecule has 134 valence electrons. The van der Waals surface area contributed by atoms with Crippen molar-refractivity contribution in [2.45, 2.75) is 32.7 Å². The predicted molar refractivity (Wildman–Crippen MR) is 103 cm³/mol. The second-order valence-electron chi connectivity index (χ2n) is 6.57. The molecule has 5 heteroatoms. The summed E-state index contributed by atoms with van der Waals surface area (Å²) in [5.41, 5.74) is 2.03. The van der Waals surface area contributed by atoms with Gasteiger partial charge in [0.2, 0.25) is 0 Å². The molecular formula is C20H26N2O2S. The van der Waals surface area contributed by atoms with Crippen LogP contribution in [-0.4, -0.2) is 37.6 Å². The smallest absolute Gasteiger partial charge is 0.252 e. The summed E-state index contributed by atoms with van der Waals surface area (Å²) >= 11 is 1.67. The minimum Gasteiger partial charge on any atom is -0.497 e. The van der Waals surface area contributed by atoms with Crippen molar-refractivity contribution in [1.82, 2.24) is 10.2 Å². The minimum atomic E-state index is 0.0274. The molecule has 1 atom stereocenters. The van der Waals surface area contributed by atoms with E-state index < -0.39 is 0 Å². The third-order valence-corrected chi connectivity index (χ3v) is 5.79. The van der Waals surface area contributed by atoms with E-state index in [1.165, 1.54) is 23.3 Å². The molecule has 3 rings (SSSR count). The zero-order valence-corrected chi connectivity index (χ0v) is 16.0. The zero-order chi connectivity index (χ0) is 17.8. The van der Waals surface area contributed by atoms with Crippen molar-refractivity contribution in [2.24, 2.45) is 0 Å². The molecule has 0 aliphatic carbocycles. The van der Waals surface area contributed by atoms with Crippen molar-refractivity contribution >= 4 is 17.2 Å². The largest absolute Gasteiger partial charge is 0.497 e. The van der Waals surface area contributed by atoms with Crippen molar-refractivity contribution in [3.8, 4) is 5.75 Å². The average Bonchev–Trinajstić information content (AvgIpc) is 3.25. The van der Waals surface area contributed by atoms with Gasteiger partial charge >= 0.3 is 0 Å². The van der Waals surface area contributed by atoms with E-state index in [4.69, 9.17) is 4.74 Å². The van der Waals surface area contributed by atoms with Gasteiger partial charge in [-0.3, -0.25) is 9.69 Å².